The van der Waals surface area contributed by atoms with Crippen molar-refractivity contribution < 1.29 is 42.2 Å². The van der Waals surface area contributed by atoms with Crippen LogP contribution in [-0.2, 0) is 23.9 Å². The quantitative estimate of drug-likeness (QED) is 0.368. The van der Waals surface area contributed by atoms with Gasteiger partial charge < -0.3 is 9.84 Å². The third-order valence-electron chi connectivity index (χ3n) is 5.57. The van der Waals surface area contributed by atoms with Gasteiger partial charge in [-0.25, -0.2) is 4.79 Å². The van der Waals surface area contributed by atoms with Crippen molar-refractivity contribution in [1.82, 2.24) is 10.2 Å². The molecule has 33 heavy (non-hydrogen) atoms. The minimum Gasteiger partial charge on any atom is -0.475 e. The van der Waals surface area contributed by atoms with Gasteiger partial charge in [0, 0.05) is 18.0 Å². The molecule has 4 atom stereocenters. The number of benzene rings is 1. The molecule has 0 aliphatic carbocycles. The Morgan fingerprint density at radius 3 is 2.21 bits per heavy atom. The first-order valence-corrected chi connectivity index (χ1v) is 11.0. The van der Waals surface area contributed by atoms with Gasteiger partial charge in [0.1, 0.15) is 5.54 Å². The number of carbonyl (C=O) groups is 4. The van der Waals surface area contributed by atoms with Gasteiger partial charge in [0.15, 0.2) is 0 Å². The molecule has 0 spiro atoms. The van der Waals surface area contributed by atoms with E-state index in [-0.39, 0.29) is 11.8 Å². The maximum atomic E-state index is 12.7. The molecule has 2 amide bonds. The summed E-state index contributed by atoms with van der Waals surface area (Å²) in [5, 5.41) is 10.4. The summed E-state index contributed by atoms with van der Waals surface area (Å²) in [6, 6.07) is 7.56. The molecule has 2 heterocycles. The van der Waals surface area contributed by atoms with Crippen molar-refractivity contribution in [3.8, 4) is 0 Å². The number of carbonyl (C=O) groups excluding carboxylic acids is 3. The van der Waals surface area contributed by atoms with Gasteiger partial charge in [-0.3, -0.25) is 24.6 Å². The first kappa shape index (κ1) is 26.7. The number of likely N-dealkylation sites (tertiary alicyclic amines) is 1. The molecule has 1 aromatic rings. The van der Waals surface area contributed by atoms with Gasteiger partial charge in [-0.15, -0.1) is 11.8 Å². The molecular formula is C21H25F3N2O6S. The lowest BCUT2D eigenvalue weighted by Gasteiger charge is -2.27. The summed E-state index contributed by atoms with van der Waals surface area (Å²) >= 11 is 1.78. The second-order valence-corrected chi connectivity index (χ2v) is 8.94. The Morgan fingerprint density at radius 1 is 1.21 bits per heavy atom. The number of nitrogens with one attached hydrogen (secondary N) is 1. The van der Waals surface area contributed by atoms with Crippen LogP contribution in [0.5, 0.6) is 0 Å². The highest BCUT2D eigenvalue weighted by molar-refractivity contribution is 7.99. The van der Waals surface area contributed by atoms with Gasteiger partial charge in [0.05, 0.1) is 18.9 Å². The molecule has 3 rings (SSSR count). The molecule has 0 saturated carbocycles. The highest BCUT2D eigenvalue weighted by Gasteiger charge is 2.66. The second kappa shape index (κ2) is 10.1. The Labute approximate surface area is 192 Å². The first-order valence-electron chi connectivity index (χ1n) is 10.00. The number of aliphatic carboxylic acids is 1. The van der Waals surface area contributed by atoms with Crippen LogP contribution in [0.2, 0.25) is 0 Å². The molecule has 1 aromatic carbocycles. The van der Waals surface area contributed by atoms with E-state index >= 15 is 0 Å². The van der Waals surface area contributed by atoms with Crippen LogP contribution in [0.4, 0.5) is 13.2 Å². The average Bonchev–Trinajstić information content (AvgIpc) is 3.20. The van der Waals surface area contributed by atoms with E-state index in [1.54, 1.807) is 18.7 Å². The molecule has 2 N–H and O–H groups in total. The minimum atomic E-state index is -5.08. The van der Waals surface area contributed by atoms with E-state index in [1.807, 2.05) is 24.3 Å². The number of nitrogens with zero attached hydrogens (tertiary/aromatic N) is 1. The maximum absolute atomic E-state index is 12.7. The maximum Gasteiger partial charge on any atom is 0.490 e. The number of carboxylic acids is 1. The van der Waals surface area contributed by atoms with Crippen LogP contribution < -0.4 is 5.32 Å². The molecule has 0 aromatic heterocycles. The minimum absolute atomic E-state index is 0.255. The van der Waals surface area contributed by atoms with E-state index in [0.717, 1.165) is 27.5 Å². The Kier molecular flexibility index (Phi) is 8.18. The number of halogens is 3. The number of rotatable bonds is 5. The lowest BCUT2D eigenvalue weighted by atomic mass is 9.80. The lowest BCUT2D eigenvalue weighted by molar-refractivity contribution is -0.192. The standard InChI is InChI=1S/C19H24N2O4S.C2HF3O2/c1-5-10-26-12-8-6-11(7-9-12)15-13-14(17(23)21(3)16(13)22)19(2,20-15)18(24)25-4;3-2(4,5)1(6)7/h6-9,13-15,20H,5,10H2,1-4H3;(H,6,7)/t13-,14-,15-,19-;/m1./s1. The molecule has 2 aliphatic rings. The molecule has 8 nitrogen and oxygen atoms in total. The number of alkyl halides is 3. The van der Waals surface area contributed by atoms with Crippen molar-refractivity contribution >= 4 is 35.5 Å². The summed E-state index contributed by atoms with van der Waals surface area (Å²) in [4.78, 5) is 48.9. The molecule has 2 fully saturated rings. The fraction of sp³-hybridized carbons (Fsp3) is 0.524. The van der Waals surface area contributed by atoms with Crippen molar-refractivity contribution in [1.29, 1.82) is 0 Å². The van der Waals surface area contributed by atoms with E-state index in [4.69, 9.17) is 14.6 Å². The highest BCUT2D eigenvalue weighted by atomic mass is 32.2. The fourth-order valence-corrected chi connectivity index (χ4v) is 4.73. The molecule has 0 unspecified atom stereocenters. The molecule has 0 bridgehead atoms. The van der Waals surface area contributed by atoms with Gasteiger partial charge in [-0.2, -0.15) is 13.2 Å². The number of amides is 2. The number of hydrogen-bond donors (Lipinski definition) is 2. The monoisotopic (exact) mass is 490 g/mol. The zero-order valence-electron chi connectivity index (χ0n) is 18.4. The number of methoxy groups -OCH3 is 1. The fourth-order valence-electron chi connectivity index (χ4n) is 3.96. The molecular weight excluding hydrogens is 465 g/mol. The van der Waals surface area contributed by atoms with Gasteiger partial charge in [0.25, 0.3) is 0 Å². The summed E-state index contributed by atoms with van der Waals surface area (Å²) in [6.45, 7) is 3.78. The number of imide groups is 1. The summed E-state index contributed by atoms with van der Waals surface area (Å²) in [7, 11) is 2.77. The van der Waals surface area contributed by atoms with Gasteiger partial charge in [0.2, 0.25) is 11.8 Å². The van der Waals surface area contributed by atoms with Crippen molar-refractivity contribution in [2.24, 2.45) is 11.8 Å². The predicted octanol–water partition coefficient (Wildman–Crippen LogP) is 2.63. The van der Waals surface area contributed by atoms with Gasteiger partial charge in [-0.1, -0.05) is 19.1 Å². The Balaban J connectivity index is 0.000000479. The normalized spacial score (nSPS) is 26.5. The Morgan fingerprint density at radius 2 is 1.76 bits per heavy atom. The summed E-state index contributed by atoms with van der Waals surface area (Å²) < 4.78 is 36.7. The third kappa shape index (κ3) is 5.32. The Hall–Kier alpha value is -2.60. The summed E-state index contributed by atoms with van der Waals surface area (Å²) in [6.07, 6.45) is -3.99. The lowest BCUT2D eigenvalue weighted by Crippen LogP contribution is -2.53. The van der Waals surface area contributed by atoms with Crippen molar-refractivity contribution in [2.45, 2.75) is 42.9 Å². The number of hydrogen-bond acceptors (Lipinski definition) is 7. The second-order valence-electron chi connectivity index (χ2n) is 7.78. The third-order valence-corrected chi connectivity index (χ3v) is 6.79. The van der Waals surface area contributed by atoms with Crippen LogP contribution in [0.3, 0.4) is 0 Å². The number of fused-ring (bicyclic) bond motifs is 1. The van der Waals surface area contributed by atoms with E-state index in [9.17, 15) is 27.6 Å². The highest BCUT2D eigenvalue weighted by Crippen LogP contribution is 2.48. The van der Waals surface area contributed by atoms with E-state index in [2.05, 4.69) is 12.2 Å². The number of esters is 1. The first-order chi connectivity index (χ1) is 15.3. The van der Waals surface area contributed by atoms with E-state index in [0.29, 0.717) is 0 Å². The summed E-state index contributed by atoms with van der Waals surface area (Å²) in [5.74, 6) is -4.19. The van der Waals surface area contributed by atoms with Crippen LogP contribution >= 0.6 is 11.8 Å². The van der Waals surface area contributed by atoms with Crippen molar-refractivity contribution in [3.63, 3.8) is 0 Å². The van der Waals surface area contributed by atoms with Crippen LogP contribution in [0, 0.1) is 11.8 Å². The summed E-state index contributed by atoms with van der Waals surface area (Å²) in [5.41, 5.74) is -0.332. The number of thioether (sulfide) groups is 1. The molecule has 2 saturated heterocycles. The average molecular weight is 491 g/mol. The van der Waals surface area contributed by atoms with Gasteiger partial charge >= 0.3 is 18.1 Å². The molecule has 2 aliphatic heterocycles. The topological polar surface area (TPSA) is 113 Å². The largest absolute Gasteiger partial charge is 0.490 e. The van der Waals surface area contributed by atoms with Crippen LogP contribution in [0.1, 0.15) is 31.9 Å². The van der Waals surface area contributed by atoms with Crippen LogP contribution in [-0.4, -0.2) is 65.4 Å². The Bertz CT molecular complexity index is 924. The number of carboxylic acid groups (broad SMARTS) is 1. The zero-order chi connectivity index (χ0) is 25.1. The van der Waals surface area contributed by atoms with Crippen molar-refractivity contribution in [3.05, 3.63) is 29.8 Å². The SMILES string of the molecule is CCCSc1ccc([C@H]2N[C@@](C)(C(=O)OC)[C@H]3C(=O)N(C)C(=O)[C@@H]23)cc1.O=C(O)C(F)(F)F. The zero-order valence-corrected chi connectivity index (χ0v) is 19.2. The predicted molar refractivity (Wildman–Crippen MR) is 112 cm³/mol. The van der Waals surface area contributed by atoms with Crippen molar-refractivity contribution in [2.75, 3.05) is 19.9 Å². The smallest absolute Gasteiger partial charge is 0.475 e. The molecule has 12 heteroatoms. The van der Waals surface area contributed by atoms with E-state index in [1.165, 1.54) is 14.2 Å². The van der Waals surface area contributed by atoms with Crippen LogP contribution in [0.25, 0.3) is 0 Å². The van der Waals surface area contributed by atoms with Gasteiger partial charge in [-0.05, 0) is 36.8 Å². The van der Waals surface area contributed by atoms with E-state index < -0.39 is 41.5 Å². The molecule has 0 radical (unpaired) electrons. The molecule has 182 valence electrons. The number of ether oxygens (including phenoxy) is 1. The van der Waals surface area contributed by atoms with Crippen LogP contribution in [0.15, 0.2) is 29.2 Å².